The largest absolute Gasteiger partial charge is 0.364 e. The summed E-state index contributed by atoms with van der Waals surface area (Å²) in [7, 11) is 0. The number of pyridine rings is 1. The number of aromatic nitrogens is 3. The van der Waals surface area contributed by atoms with Crippen LogP contribution < -0.4 is 5.73 Å². The number of imidazole rings is 1. The van der Waals surface area contributed by atoms with Crippen molar-refractivity contribution in [3.8, 4) is 28.5 Å². The lowest BCUT2D eigenvalue weighted by molar-refractivity contribution is 0.0996. The highest BCUT2D eigenvalue weighted by Crippen LogP contribution is 2.35. The van der Waals surface area contributed by atoms with E-state index in [0.717, 1.165) is 5.69 Å². The highest BCUT2D eigenvalue weighted by molar-refractivity contribution is 6.31. The van der Waals surface area contributed by atoms with Gasteiger partial charge in [-0.2, -0.15) is 0 Å². The third kappa shape index (κ3) is 3.56. The highest BCUT2D eigenvalue weighted by atomic mass is 35.5. The van der Waals surface area contributed by atoms with Crippen LogP contribution in [0.5, 0.6) is 0 Å². The average Bonchev–Trinajstić information content (AvgIpc) is 3.11. The highest BCUT2D eigenvalue weighted by Gasteiger charge is 2.26. The molecule has 0 unspecified atom stereocenters. The minimum Gasteiger partial charge on any atom is -0.364 e. The summed E-state index contributed by atoms with van der Waals surface area (Å²) in [5.74, 6) is -1.17. The molecule has 0 spiro atoms. The number of hydrogen-bond acceptors (Lipinski definition) is 3. The van der Waals surface area contributed by atoms with E-state index in [1.165, 1.54) is 10.6 Å². The van der Waals surface area contributed by atoms with Gasteiger partial charge < -0.3 is 5.73 Å². The van der Waals surface area contributed by atoms with Crippen molar-refractivity contribution < 1.29 is 9.18 Å². The molecule has 0 saturated heterocycles. The first-order valence-electron chi connectivity index (χ1n) is 8.93. The molecule has 0 saturated carbocycles. The molecule has 2 aromatic heterocycles. The summed E-state index contributed by atoms with van der Waals surface area (Å²) >= 11 is 12.2. The number of nitrogens with zero attached hydrogens (tertiary/aromatic N) is 3. The summed E-state index contributed by atoms with van der Waals surface area (Å²) in [5, 5.41) is 0.375. The van der Waals surface area contributed by atoms with E-state index in [2.05, 4.69) is 9.97 Å². The first kappa shape index (κ1) is 20.1. The predicted molar refractivity (Wildman–Crippen MR) is 115 cm³/mol. The van der Waals surface area contributed by atoms with Gasteiger partial charge in [-0.3, -0.25) is 9.36 Å². The van der Waals surface area contributed by atoms with Gasteiger partial charge in [0, 0.05) is 16.3 Å². The van der Waals surface area contributed by atoms with E-state index >= 15 is 4.39 Å². The first-order chi connectivity index (χ1) is 14.4. The standard InChI is InChI=1S/C22H15Cl2FN4O/c1-12-5-2-9-16(27-12)22-28-19(21(26)30)20(13-6-3-7-14(23)11-13)29(22)17-10-4-8-15(24)18(17)25/h2-11H,1H3,(H2,26,30). The molecular weight excluding hydrogens is 426 g/mol. The number of carbonyl (C=O) groups is 1. The Morgan fingerprint density at radius 1 is 1.03 bits per heavy atom. The average molecular weight is 441 g/mol. The second-order valence-corrected chi connectivity index (χ2v) is 7.42. The van der Waals surface area contributed by atoms with Gasteiger partial charge in [0.25, 0.3) is 5.91 Å². The Morgan fingerprint density at radius 2 is 1.77 bits per heavy atom. The van der Waals surface area contributed by atoms with Crippen molar-refractivity contribution in [3.63, 3.8) is 0 Å². The number of carbonyl (C=O) groups excluding carboxylic acids is 1. The number of benzene rings is 2. The van der Waals surface area contributed by atoms with Crippen LogP contribution in [0.15, 0.2) is 60.7 Å². The van der Waals surface area contributed by atoms with Crippen molar-refractivity contribution in [2.24, 2.45) is 5.73 Å². The monoisotopic (exact) mass is 440 g/mol. The number of amides is 1. The molecule has 0 aliphatic heterocycles. The fourth-order valence-electron chi connectivity index (χ4n) is 3.23. The number of hydrogen-bond donors (Lipinski definition) is 1. The van der Waals surface area contributed by atoms with Crippen molar-refractivity contribution in [3.05, 3.63) is 87.9 Å². The van der Waals surface area contributed by atoms with Crippen molar-refractivity contribution in [2.75, 3.05) is 0 Å². The summed E-state index contributed by atoms with van der Waals surface area (Å²) in [4.78, 5) is 21.2. The number of nitrogens with two attached hydrogens (primary N) is 1. The molecule has 150 valence electrons. The fraction of sp³-hybridized carbons (Fsp3) is 0.0455. The van der Waals surface area contributed by atoms with Crippen LogP contribution in [-0.4, -0.2) is 20.4 Å². The quantitative estimate of drug-likeness (QED) is 0.458. The van der Waals surface area contributed by atoms with Crippen LogP contribution in [0.1, 0.15) is 16.2 Å². The van der Waals surface area contributed by atoms with Crippen LogP contribution in [0, 0.1) is 12.7 Å². The van der Waals surface area contributed by atoms with Gasteiger partial charge in [-0.05, 0) is 43.3 Å². The van der Waals surface area contributed by atoms with Crippen molar-refractivity contribution >= 4 is 29.1 Å². The third-order valence-corrected chi connectivity index (χ3v) is 5.03. The lowest BCUT2D eigenvalue weighted by Crippen LogP contribution is -2.13. The smallest absolute Gasteiger partial charge is 0.269 e. The predicted octanol–water partition coefficient (Wildman–Crippen LogP) is 5.45. The molecule has 1 amide bonds. The minimum absolute atomic E-state index is 0.0325. The Labute approximate surface area is 181 Å². The molecule has 30 heavy (non-hydrogen) atoms. The Kier molecular flexibility index (Phi) is 5.28. The van der Waals surface area contributed by atoms with Gasteiger partial charge in [0.1, 0.15) is 5.69 Å². The van der Waals surface area contributed by atoms with E-state index in [1.807, 2.05) is 13.0 Å². The van der Waals surface area contributed by atoms with Crippen LogP contribution in [0.3, 0.4) is 0 Å². The maximum absolute atomic E-state index is 15.1. The molecule has 2 N–H and O–H groups in total. The SMILES string of the molecule is Cc1cccc(-c2nc(C(N)=O)c(-c3cccc(Cl)c3)n2-c2cccc(Cl)c2F)n1. The van der Waals surface area contributed by atoms with Crippen molar-refractivity contribution in [1.29, 1.82) is 0 Å². The second-order valence-electron chi connectivity index (χ2n) is 6.58. The molecule has 4 aromatic rings. The fourth-order valence-corrected chi connectivity index (χ4v) is 3.59. The number of primary amides is 1. The summed E-state index contributed by atoms with van der Waals surface area (Å²) < 4.78 is 16.6. The Hall–Kier alpha value is -3.22. The van der Waals surface area contributed by atoms with Gasteiger partial charge in [0.05, 0.1) is 16.4 Å². The second kappa shape index (κ2) is 7.89. The zero-order valence-electron chi connectivity index (χ0n) is 15.7. The van der Waals surface area contributed by atoms with Gasteiger partial charge in [-0.25, -0.2) is 14.4 Å². The maximum Gasteiger partial charge on any atom is 0.269 e. The summed E-state index contributed by atoms with van der Waals surface area (Å²) in [5.41, 5.74) is 7.74. The van der Waals surface area contributed by atoms with Gasteiger partial charge in [0.15, 0.2) is 17.3 Å². The van der Waals surface area contributed by atoms with Gasteiger partial charge in [-0.1, -0.05) is 47.5 Å². The molecule has 0 aliphatic carbocycles. The van der Waals surface area contributed by atoms with Crippen molar-refractivity contribution in [2.45, 2.75) is 6.92 Å². The lowest BCUT2D eigenvalue weighted by Gasteiger charge is -2.14. The molecule has 5 nitrogen and oxygen atoms in total. The molecule has 0 aliphatic rings. The van der Waals surface area contributed by atoms with Crippen LogP contribution in [0.2, 0.25) is 10.0 Å². The molecule has 4 rings (SSSR count). The molecule has 2 heterocycles. The Bertz CT molecular complexity index is 1290. The van der Waals surface area contributed by atoms with E-state index in [4.69, 9.17) is 28.9 Å². The van der Waals surface area contributed by atoms with Crippen LogP contribution in [0.25, 0.3) is 28.5 Å². The molecule has 0 fully saturated rings. The number of rotatable bonds is 4. The van der Waals surface area contributed by atoms with Crippen LogP contribution in [0.4, 0.5) is 4.39 Å². The molecule has 2 aromatic carbocycles. The number of halogens is 3. The molecule has 0 atom stereocenters. The zero-order valence-corrected chi connectivity index (χ0v) is 17.2. The summed E-state index contributed by atoms with van der Waals surface area (Å²) in [6, 6.07) is 16.7. The molecular formula is C22H15Cl2FN4O. The Morgan fingerprint density at radius 3 is 2.47 bits per heavy atom. The van der Waals surface area contributed by atoms with E-state index in [9.17, 15) is 4.79 Å². The van der Waals surface area contributed by atoms with Crippen LogP contribution >= 0.6 is 23.2 Å². The zero-order chi connectivity index (χ0) is 21.4. The van der Waals surface area contributed by atoms with E-state index in [0.29, 0.717) is 22.0 Å². The summed E-state index contributed by atoms with van der Waals surface area (Å²) in [6.07, 6.45) is 0. The Balaban J connectivity index is 2.16. The first-order valence-corrected chi connectivity index (χ1v) is 9.69. The van der Waals surface area contributed by atoms with Gasteiger partial charge in [0.2, 0.25) is 0 Å². The molecule has 8 heteroatoms. The van der Waals surface area contributed by atoms with Gasteiger partial charge in [-0.15, -0.1) is 0 Å². The normalized spacial score (nSPS) is 10.9. The van der Waals surface area contributed by atoms with E-state index in [1.54, 1.807) is 48.5 Å². The van der Waals surface area contributed by atoms with E-state index in [-0.39, 0.29) is 22.2 Å². The summed E-state index contributed by atoms with van der Waals surface area (Å²) in [6.45, 7) is 1.82. The number of aryl methyl sites for hydroxylation is 1. The minimum atomic E-state index is -0.764. The molecule has 0 radical (unpaired) electrons. The molecule has 0 bridgehead atoms. The maximum atomic E-state index is 15.1. The van der Waals surface area contributed by atoms with E-state index < -0.39 is 11.7 Å². The third-order valence-electron chi connectivity index (χ3n) is 4.50. The van der Waals surface area contributed by atoms with Crippen molar-refractivity contribution in [1.82, 2.24) is 14.5 Å². The van der Waals surface area contributed by atoms with Crippen LogP contribution in [-0.2, 0) is 0 Å². The topological polar surface area (TPSA) is 73.8 Å². The van der Waals surface area contributed by atoms with Gasteiger partial charge >= 0.3 is 0 Å². The lowest BCUT2D eigenvalue weighted by atomic mass is 10.1.